The maximum atomic E-state index is 15.6. The molecule has 0 radical (unpaired) electrons. The minimum Gasteiger partial charge on any atom is -0.298 e. The zero-order valence-electron chi connectivity index (χ0n) is 18.5. The van der Waals surface area contributed by atoms with Gasteiger partial charge in [-0.2, -0.15) is 0 Å². The number of halogens is 1. The van der Waals surface area contributed by atoms with Crippen molar-refractivity contribution in [3.8, 4) is 0 Å². The molecule has 4 saturated carbocycles. The second-order valence-corrected chi connectivity index (χ2v) is 11.1. The Hall–Kier alpha value is -0.400. The van der Waals surface area contributed by atoms with Gasteiger partial charge < -0.3 is 0 Å². The molecule has 0 aliphatic heterocycles. The summed E-state index contributed by atoms with van der Waals surface area (Å²) in [5, 5.41) is 0. The van der Waals surface area contributed by atoms with Crippen LogP contribution in [0.5, 0.6) is 0 Å². The van der Waals surface area contributed by atoms with Crippen molar-refractivity contribution in [1.29, 1.82) is 0 Å². The van der Waals surface area contributed by atoms with Crippen molar-refractivity contribution in [3.05, 3.63) is 0 Å². The van der Waals surface area contributed by atoms with Crippen LogP contribution in [0, 0.1) is 34.5 Å². The number of carbonyl (C=O) groups excluding carboxylic acids is 1. The molecule has 2 heteroatoms. The van der Waals surface area contributed by atoms with Crippen LogP contribution < -0.4 is 0 Å². The van der Waals surface area contributed by atoms with Crippen molar-refractivity contribution in [1.82, 2.24) is 0 Å². The summed E-state index contributed by atoms with van der Waals surface area (Å²) in [5.74, 6) is 3.68. The fraction of sp³-hybridized carbons (Fsp3) is 0.962. The molecule has 1 atom stereocenters. The van der Waals surface area contributed by atoms with E-state index >= 15 is 4.39 Å². The summed E-state index contributed by atoms with van der Waals surface area (Å²) >= 11 is 0. The number of carbonyl (C=O) groups is 1. The second-order valence-electron chi connectivity index (χ2n) is 11.1. The highest BCUT2D eigenvalue weighted by molar-refractivity contribution is 5.98. The lowest BCUT2D eigenvalue weighted by Gasteiger charge is -2.61. The summed E-state index contributed by atoms with van der Waals surface area (Å²) in [5.41, 5.74) is -1.12. The quantitative estimate of drug-likeness (QED) is 0.471. The van der Waals surface area contributed by atoms with Crippen LogP contribution in [-0.4, -0.2) is 12.0 Å². The van der Waals surface area contributed by atoms with Crippen molar-refractivity contribution < 1.29 is 9.18 Å². The monoisotopic (exact) mass is 390 g/mol. The summed E-state index contributed by atoms with van der Waals surface area (Å²) in [6.45, 7) is 4.54. The minimum atomic E-state index is -0.837. The van der Waals surface area contributed by atoms with E-state index in [1.54, 1.807) is 0 Å². The van der Waals surface area contributed by atoms with Crippen LogP contribution in [0.4, 0.5) is 4.39 Å². The predicted molar refractivity (Wildman–Crippen MR) is 114 cm³/mol. The van der Waals surface area contributed by atoms with Crippen LogP contribution in [0.1, 0.15) is 117 Å². The van der Waals surface area contributed by atoms with E-state index < -0.39 is 17.0 Å². The summed E-state index contributed by atoms with van der Waals surface area (Å²) in [7, 11) is 0. The molecule has 160 valence electrons. The Morgan fingerprint density at radius 3 is 1.61 bits per heavy atom. The molecule has 1 nitrogen and oxygen atoms in total. The van der Waals surface area contributed by atoms with Gasteiger partial charge in [-0.05, 0) is 87.9 Å². The molecule has 0 N–H and O–H groups in total. The zero-order chi connectivity index (χ0) is 19.8. The molecule has 0 amide bonds. The lowest BCUT2D eigenvalue weighted by Crippen LogP contribution is -2.69. The Bertz CT molecular complexity index is 531. The van der Waals surface area contributed by atoms with E-state index in [4.69, 9.17) is 0 Å². The van der Waals surface area contributed by atoms with E-state index in [2.05, 4.69) is 13.8 Å². The molecule has 0 aromatic carbocycles. The van der Waals surface area contributed by atoms with Crippen LogP contribution in [0.15, 0.2) is 0 Å². The van der Waals surface area contributed by atoms with E-state index in [1.807, 2.05) is 0 Å². The first-order valence-electron chi connectivity index (χ1n) is 12.7. The third kappa shape index (κ3) is 3.39. The van der Waals surface area contributed by atoms with E-state index in [0.717, 1.165) is 75.0 Å². The topological polar surface area (TPSA) is 17.1 Å². The Labute approximate surface area is 172 Å². The average Bonchev–Trinajstić information content (AvgIpc) is 2.75. The first kappa shape index (κ1) is 20.9. The number of alkyl halides is 1. The number of hydrogen-bond acceptors (Lipinski definition) is 1. The standard InChI is InChI=1S/C26H43FO/c1-3-5-19-7-9-21(10-8-19)22-13-17-26(18-14-22)23(27)25(24(26)28)15-11-20(6-4-2)12-16-25/h19-23H,3-18H2,1-2H3/t19?,20?,21?,22?,23-,25?,26?/m1/s1. The summed E-state index contributed by atoms with van der Waals surface area (Å²) in [4.78, 5) is 13.3. The van der Waals surface area contributed by atoms with Crippen molar-refractivity contribution in [3.63, 3.8) is 0 Å². The van der Waals surface area contributed by atoms with Crippen LogP contribution in [0.3, 0.4) is 0 Å². The van der Waals surface area contributed by atoms with E-state index in [9.17, 15) is 4.79 Å². The van der Waals surface area contributed by atoms with Gasteiger partial charge in [-0.25, -0.2) is 4.39 Å². The summed E-state index contributed by atoms with van der Waals surface area (Å²) in [6.07, 6.45) is 17.7. The van der Waals surface area contributed by atoms with E-state index in [1.165, 1.54) is 51.4 Å². The van der Waals surface area contributed by atoms with E-state index in [-0.39, 0.29) is 0 Å². The first-order chi connectivity index (χ1) is 13.6. The zero-order valence-corrected chi connectivity index (χ0v) is 18.5. The SMILES string of the molecule is CCCC1CCC(C2CCC3(CC2)C(=O)C2(CCC(CCC)CC2)[C@H]3F)CC1. The number of hydrogen-bond donors (Lipinski definition) is 0. The van der Waals surface area contributed by atoms with Gasteiger partial charge in [-0.15, -0.1) is 0 Å². The van der Waals surface area contributed by atoms with Crippen LogP contribution in [0.2, 0.25) is 0 Å². The normalized spacial score (nSPS) is 46.7. The minimum absolute atomic E-state index is 0.354. The lowest BCUT2D eigenvalue weighted by atomic mass is 9.41. The maximum absolute atomic E-state index is 15.6. The molecular weight excluding hydrogens is 347 g/mol. The largest absolute Gasteiger partial charge is 0.298 e. The molecule has 0 unspecified atom stereocenters. The molecule has 2 spiro atoms. The van der Waals surface area contributed by atoms with Crippen LogP contribution in [-0.2, 0) is 4.79 Å². The Morgan fingerprint density at radius 1 is 0.714 bits per heavy atom. The highest BCUT2D eigenvalue weighted by Gasteiger charge is 2.71. The van der Waals surface area contributed by atoms with Gasteiger partial charge in [0.05, 0.1) is 10.8 Å². The molecule has 28 heavy (non-hydrogen) atoms. The molecule has 4 aliphatic carbocycles. The van der Waals surface area contributed by atoms with Gasteiger partial charge in [0.15, 0.2) is 5.78 Å². The fourth-order valence-electron chi connectivity index (χ4n) is 8.01. The first-order valence-corrected chi connectivity index (χ1v) is 12.7. The Balaban J connectivity index is 1.30. The van der Waals surface area contributed by atoms with Crippen molar-refractivity contribution >= 4 is 5.78 Å². The molecule has 0 heterocycles. The van der Waals surface area contributed by atoms with Gasteiger partial charge in [0.1, 0.15) is 6.17 Å². The number of Topliss-reactive ketones (excluding diaryl/α,β-unsaturated/α-hetero) is 1. The van der Waals surface area contributed by atoms with Crippen molar-refractivity contribution in [2.45, 2.75) is 123 Å². The van der Waals surface area contributed by atoms with Crippen molar-refractivity contribution in [2.24, 2.45) is 34.5 Å². The molecule has 4 aliphatic rings. The predicted octanol–water partition coefficient (Wildman–Crippen LogP) is 7.67. The number of ketones is 1. The van der Waals surface area contributed by atoms with Crippen LogP contribution >= 0.6 is 0 Å². The molecule has 4 rings (SSSR count). The molecule has 0 aromatic heterocycles. The van der Waals surface area contributed by atoms with Gasteiger partial charge in [0.25, 0.3) is 0 Å². The molecular formula is C26H43FO. The molecule has 0 aromatic rings. The highest BCUT2D eigenvalue weighted by atomic mass is 19.1. The number of rotatable bonds is 5. The Kier molecular flexibility index (Phi) is 6.24. The van der Waals surface area contributed by atoms with Gasteiger partial charge in [-0.3, -0.25) is 4.79 Å². The van der Waals surface area contributed by atoms with Gasteiger partial charge in [0, 0.05) is 0 Å². The van der Waals surface area contributed by atoms with Crippen LogP contribution in [0.25, 0.3) is 0 Å². The summed E-state index contributed by atoms with van der Waals surface area (Å²) < 4.78 is 15.6. The maximum Gasteiger partial charge on any atom is 0.151 e. The third-order valence-electron chi connectivity index (χ3n) is 9.75. The third-order valence-corrected chi connectivity index (χ3v) is 9.75. The van der Waals surface area contributed by atoms with Crippen molar-refractivity contribution in [2.75, 3.05) is 0 Å². The molecule has 0 bridgehead atoms. The molecule has 0 saturated heterocycles. The fourth-order valence-corrected chi connectivity index (χ4v) is 8.01. The lowest BCUT2D eigenvalue weighted by molar-refractivity contribution is -0.194. The highest BCUT2D eigenvalue weighted by Crippen LogP contribution is 2.66. The molecule has 4 fully saturated rings. The smallest absolute Gasteiger partial charge is 0.151 e. The van der Waals surface area contributed by atoms with E-state index in [0.29, 0.717) is 5.78 Å². The van der Waals surface area contributed by atoms with Gasteiger partial charge >= 0.3 is 0 Å². The Morgan fingerprint density at radius 2 is 1.14 bits per heavy atom. The average molecular weight is 391 g/mol. The van der Waals surface area contributed by atoms with Gasteiger partial charge in [-0.1, -0.05) is 52.4 Å². The summed E-state index contributed by atoms with van der Waals surface area (Å²) in [6, 6.07) is 0. The second kappa shape index (κ2) is 8.38. The van der Waals surface area contributed by atoms with Gasteiger partial charge in [0.2, 0.25) is 0 Å².